The molecule has 106 valence electrons. The second-order valence-electron chi connectivity index (χ2n) is 5.26. The lowest BCUT2D eigenvalue weighted by Gasteiger charge is -2.12. The van der Waals surface area contributed by atoms with Crippen molar-refractivity contribution in [3.63, 3.8) is 0 Å². The Balaban J connectivity index is 2.37. The first-order valence-corrected chi connectivity index (χ1v) is 7.00. The number of aliphatic carboxylic acids is 1. The monoisotopic (exact) mass is 263 g/mol. The van der Waals surface area contributed by atoms with Crippen molar-refractivity contribution >= 4 is 5.97 Å². The number of carbonyl (C=O) groups excluding carboxylic acids is 1. The average molecular weight is 263 g/mol. The fourth-order valence-corrected chi connectivity index (χ4v) is 2.03. The second-order valence-corrected chi connectivity index (χ2v) is 5.26. The van der Waals surface area contributed by atoms with Crippen LogP contribution < -0.4 is 9.84 Å². The van der Waals surface area contributed by atoms with Crippen molar-refractivity contribution < 1.29 is 14.6 Å². The molecule has 3 nitrogen and oxygen atoms in total. The van der Waals surface area contributed by atoms with E-state index in [2.05, 4.69) is 13.8 Å². The van der Waals surface area contributed by atoms with Gasteiger partial charge in [-0.25, -0.2) is 0 Å². The normalized spacial score (nSPS) is 10.7. The minimum Gasteiger partial charge on any atom is -0.546 e. The van der Waals surface area contributed by atoms with Crippen LogP contribution in [0, 0.1) is 5.92 Å². The molecule has 0 heterocycles. The van der Waals surface area contributed by atoms with E-state index in [-0.39, 0.29) is 6.61 Å². The Labute approximate surface area is 115 Å². The number of rotatable bonds is 9. The smallest absolute Gasteiger partial charge is 0.128 e. The van der Waals surface area contributed by atoms with Crippen LogP contribution >= 0.6 is 0 Å². The van der Waals surface area contributed by atoms with Crippen LogP contribution in [-0.4, -0.2) is 12.6 Å². The highest BCUT2D eigenvalue weighted by Crippen LogP contribution is 2.20. The van der Waals surface area contributed by atoms with Gasteiger partial charge in [0, 0.05) is 0 Å². The highest BCUT2D eigenvalue weighted by molar-refractivity contribution is 5.66. The van der Waals surface area contributed by atoms with Crippen LogP contribution in [0.2, 0.25) is 0 Å². The van der Waals surface area contributed by atoms with Gasteiger partial charge in [-0.1, -0.05) is 51.3 Å². The number of hydrogen-bond donors (Lipinski definition) is 0. The summed E-state index contributed by atoms with van der Waals surface area (Å²) < 4.78 is 5.23. The predicted octanol–water partition coefficient (Wildman–Crippen LogP) is 2.57. The van der Waals surface area contributed by atoms with E-state index in [4.69, 9.17) is 4.74 Å². The highest BCUT2D eigenvalue weighted by atomic mass is 16.5. The van der Waals surface area contributed by atoms with E-state index >= 15 is 0 Å². The van der Waals surface area contributed by atoms with Crippen molar-refractivity contribution in [3.05, 3.63) is 29.8 Å². The van der Waals surface area contributed by atoms with Gasteiger partial charge in [0.1, 0.15) is 12.4 Å². The molecule has 1 aromatic rings. The summed E-state index contributed by atoms with van der Waals surface area (Å²) in [5.41, 5.74) is 1.08. The van der Waals surface area contributed by atoms with Gasteiger partial charge in [0.15, 0.2) is 0 Å². The van der Waals surface area contributed by atoms with E-state index in [1.165, 1.54) is 19.3 Å². The number of hydrogen-bond acceptors (Lipinski definition) is 3. The molecule has 0 spiro atoms. The summed E-state index contributed by atoms with van der Waals surface area (Å²) in [6.45, 7) is 4.09. The third kappa shape index (κ3) is 6.85. The molecule has 19 heavy (non-hydrogen) atoms. The number of benzene rings is 1. The molecule has 1 aromatic carbocycles. The van der Waals surface area contributed by atoms with Gasteiger partial charge in [0.05, 0.1) is 5.97 Å². The number of para-hydroxylation sites is 1. The van der Waals surface area contributed by atoms with Gasteiger partial charge in [-0.05, 0) is 30.4 Å². The SMILES string of the molecule is CC(C)CCCCCc1ccccc1OCC(=O)[O-]. The van der Waals surface area contributed by atoms with Crippen LogP contribution in [0.15, 0.2) is 24.3 Å². The molecule has 0 aliphatic carbocycles. The zero-order valence-electron chi connectivity index (χ0n) is 11.9. The van der Waals surface area contributed by atoms with Crippen molar-refractivity contribution in [2.75, 3.05) is 6.61 Å². The fraction of sp³-hybridized carbons (Fsp3) is 0.562. The summed E-state index contributed by atoms with van der Waals surface area (Å²) in [6.07, 6.45) is 5.76. The molecule has 3 heteroatoms. The van der Waals surface area contributed by atoms with Gasteiger partial charge >= 0.3 is 0 Å². The predicted molar refractivity (Wildman–Crippen MR) is 74.0 cm³/mol. The van der Waals surface area contributed by atoms with Crippen LogP contribution in [0.3, 0.4) is 0 Å². The molecule has 0 saturated heterocycles. The Morgan fingerprint density at radius 1 is 1.21 bits per heavy atom. The first-order chi connectivity index (χ1) is 9.09. The first kappa shape index (κ1) is 15.5. The van der Waals surface area contributed by atoms with Crippen LogP contribution in [0.1, 0.15) is 45.1 Å². The lowest BCUT2D eigenvalue weighted by molar-refractivity contribution is -0.307. The minimum absolute atomic E-state index is 0.385. The van der Waals surface area contributed by atoms with Gasteiger partial charge in [-0.2, -0.15) is 0 Å². The van der Waals surface area contributed by atoms with Gasteiger partial charge in [-0.15, -0.1) is 0 Å². The molecule has 0 aromatic heterocycles. The molecule has 0 aliphatic heterocycles. The largest absolute Gasteiger partial charge is 0.546 e. The Morgan fingerprint density at radius 3 is 2.63 bits per heavy atom. The van der Waals surface area contributed by atoms with Crippen molar-refractivity contribution in [1.82, 2.24) is 0 Å². The van der Waals surface area contributed by atoms with E-state index in [9.17, 15) is 9.90 Å². The average Bonchev–Trinajstić information content (AvgIpc) is 2.36. The van der Waals surface area contributed by atoms with Crippen LogP contribution in [0.5, 0.6) is 5.75 Å². The minimum atomic E-state index is -1.19. The van der Waals surface area contributed by atoms with E-state index in [0.717, 1.165) is 24.3 Å². The molecule has 0 N–H and O–H groups in total. The zero-order chi connectivity index (χ0) is 14.1. The molecule has 1 rings (SSSR count). The van der Waals surface area contributed by atoms with Crippen molar-refractivity contribution in [2.45, 2.75) is 46.0 Å². The standard InChI is InChI=1S/C16H24O3/c1-13(2)8-4-3-5-9-14-10-6-7-11-15(14)19-12-16(17)18/h6-7,10-11,13H,3-5,8-9,12H2,1-2H3,(H,17,18)/p-1. The molecule has 0 saturated carbocycles. The maximum Gasteiger partial charge on any atom is 0.128 e. The Kier molecular flexibility index (Phi) is 7.01. The summed E-state index contributed by atoms with van der Waals surface area (Å²) in [7, 11) is 0. The molecule has 0 fully saturated rings. The van der Waals surface area contributed by atoms with Crippen LogP contribution in [0.25, 0.3) is 0 Å². The molecule has 0 aliphatic rings. The van der Waals surface area contributed by atoms with E-state index in [1.54, 1.807) is 0 Å². The maximum absolute atomic E-state index is 10.4. The van der Waals surface area contributed by atoms with Gasteiger partial charge in [0.2, 0.25) is 0 Å². The Morgan fingerprint density at radius 2 is 1.95 bits per heavy atom. The number of aryl methyl sites for hydroxylation is 1. The van der Waals surface area contributed by atoms with E-state index < -0.39 is 5.97 Å². The Bertz CT molecular complexity index is 385. The summed E-state index contributed by atoms with van der Waals surface area (Å²) in [4.78, 5) is 10.4. The van der Waals surface area contributed by atoms with Gasteiger partial charge in [0.25, 0.3) is 0 Å². The topological polar surface area (TPSA) is 49.4 Å². The number of carbonyl (C=O) groups is 1. The van der Waals surface area contributed by atoms with Crippen LogP contribution in [0.4, 0.5) is 0 Å². The molecule has 0 radical (unpaired) electrons. The van der Waals surface area contributed by atoms with E-state index in [0.29, 0.717) is 5.75 Å². The number of unbranched alkanes of at least 4 members (excludes halogenated alkanes) is 2. The number of carboxylic acids is 1. The molecular weight excluding hydrogens is 240 g/mol. The van der Waals surface area contributed by atoms with Crippen LogP contribution in [-0.2, 0) is 11.2 Å². The third-order valence-corrected chi connectivity index (χ3v) is 3.05. The third-order valence-electron chi connectivity index (χ3n) is 3.05. The summed E-state index contributed by atoms with van der Waals surface area (Å²) in [5.74, 6) is 0.237. The summed E-state index contributed by atoms with van der Waals surface area (Å²) in [6, 6.07) is 7.61. The molecule has 0 atom stereocenters. The molecule has 0 bridgehead atoms. The summed E-state index contributed by atoms with van der Waals surface area (Å²) >= 11 is 0. The molecular formula is C16H23O3-. The lowest BCUT2D eigenvalue weighted by Crippen LogP contribution is -2.29. The summed E-state index contributed by atoms with van der Waals surface area (Å²) in [5, 5.41) is 10.4. The highest BCUT2D eigenvalue weighted by Gasteiger charge is 2.03. The first-order valence-electron chi connectivity index (χ1n) is 7.00. The van der Waals surface area contributed by atoms with Crippen molar-refractivity contribution in [1.29, 1.82) is 0 Å². The number of carboxylic acid groups (broad SMARTS) is 1. The lowest BCUT2D eigenvalue weighted by atomic mass is 10.0. The molecule has 0 amide bonds. The second kappa shape index (κ2) is 8.57. The Hall–Kier alpha value is -1.51. The van der Waals surface area contributed by atoms with Gasteiger partial charge in [-0.3, -0.25) is 0 Å². The molecule has 0 unspecified atom stereocenters. The zero-order valence-corrected chi connectivity index (χ0v) is 11.9. The number of ether oxygens (including phenoxy) is 1. The fourth-order valence-electron chi connectivity index (χ4n) is 2.03. The van der Waals surface area contributed by atoms with Crippen molar-refractivity contribution in [3.8, 4) is 5.75 Å². The maximum atomic E-state index is 10.4. The van der Waals surface area contributed by atoms with E-state index in [1.807, 2.05) is 24.3 Å². The quantitative estimate of drug-likeness (QED) is 0.643. The van der Waals surface area contributed by atoms with Crippen molar-refractivity contribution in [2.24, 2.45) is 5.92 Å². The van der Waals surface area contributed by atoms with Gasteiger partial charge < -0.3 is 14.6 Å².